The molecule has 1 aliphatic rings. The van der Waals surface area contributed by atoms with E-state index in [0.717, 1.165) is 12.8 Å². The molecule has 1 fully saturated rings. The van der Waals surface area contributed by atoms with Crippen LogP contribution < -0.4 is 5.32 Å². The van der Waals surface area contributed by atoms with Crippen LogP contribution in [0.1, 0.15) is 38.5 Å². The molecule has 0 saturated heterocycles. The Bertz CT molecular complexity index is 312. The van der Waals surface area contributed by atoms with Crippen molar-refractivity contribution in [2.75, 3.05) is 6.54 Å². The lowest BCUT2D eigenvalue weighted by molar-refractivity contribution is -0.143. The summed E-state index contributed by atoms with van der Waals surface area (Å²) in [5.41, 5.74) is -1.26. The van der Waals surface area contributed by atoms with Gasteiger partial charge in [-0.25, -0.2) is 0 Å². The number of hydrogen-bond donors (Lipinski definition) is 1. The summed E-state index contributed by atoms with van der Waals surface area (Å²) < 4.78 is 36.0. The predicted octanol–water partition coefficient (Wildman–Crippen LogP) is 2.53. The Hall–Kier alpha value is -1.25. The first-order valence-electron chi connectivity index (χ1n) is 5.66. The molecule has 1 N–H and O–H groups in total. The molecule has 0 aromatic carbocycles. The Kier molecular flexibility index (Phi) is 4.38. The van der Waals surface area contributed by atoms with Crippen LogP contribution >= 0.6 is 0 Å². The molecule has 0 atom stereocenters. The number of rotatable bonds is 2. The van der Waals surface area contributed by atoms with Gasteiger partial charge in [0, 0.05) is 0 Å². The van der Waals surface area contributed by atoms with Gasteiger partial charge in [0.2, 0.25) is 5.91 Å². The average Bonchev–Trinajstić information content (AvgIpc) is 2.51. The van der Waals surface area contributed by atoms with Gasteiger partial charge in [-0.15, -0.1) is 0 Å². The SMILES string of the molecule is N#CC1(C(=O)NCC(F)(F)F)CCCCCC1. The van der Waals surface area contributed by atoms with Crippen molar-refractivity contribution in [1.29, 1.82) is 5.26 Å². The maximum absolute atomic E-state index is 12.0. The molecule has 3 nitrogen and oxygen atoms in total. The minimum absolute atomic E-state index is 0.354. The van der Waals surface area contributed by atoms with Gasteiger partial charge in [-0.1, -0.05) is 25.7 Å². The van der Waals surface area contributed by atoms with E-state index in [1.165, 1.54) is 0 Å². The van der Waals surface area contributed by atoms with Crippen LogP contribution in [0.15, 0.2) is 0 Å². The van der Waals surface area contributed by atoms with Crippen molar-refractivity contribution in [2.24, 2.45) is 5.41 Å². The zero-order valence-corrected chi connectivity index (χ0v) is 9.44. The topological polar surface area (TPSA) is 52.9 Å². The minimum atomic E-state index is -4.43. The number of hydrogen-bond acceptors (Lipinski definition) is 2. The predicted molar refractivity (Wildman–Crippen MR) is 54.8 cm³/mol. The summed E-state index contributed by atoms with van der Waals surface area (Å²) in [4.78, 5) is 11.7. The minimum Gasteiger partial charge on any atom is -0.346 e. The molecule has 0 aliphatic heterocycles. The zero-order valence-electron chi connectivity index (χ0n) is 9.44. The van der Waals surface area contributed by atoms with Crippen molar-refractivity contribution >= 4 is 5.91 Å². The van der Waals surface area contributed by atoms with E-state index in [1.807, 2.05) is 11.4 Å². The highest BCUT2D eigenvalue weighted by Crippen LogP contribution is 2.34. The van der Waals surface area contributed by atoms with Crippen LogP contribution in [0.5, 0.6) is 0 Å². The van der Waals surface area contributed by atoms with Crippen LogP contribution in [0, 0.1) is 16.7 Å². The molecule has 0 bridgehead atoms. The van der Waals surface area contributed by atoms with E-state index in [9.17, 15) is 18.0 Å². The van der Waals surface area contributed by atoms with Gasteiger partial charge in [-0.05, 0) is 12.8 Å². The number of nitrogens with one attached hydrogen (secondary N) is 1. The Morgan fingerprint density at radius 3 is 2.18 bits per heavy atom. The van der Waals surface area contributed by atoms with Crippen molar-refractivity contribution in [3.05, 3.63) is 0 Å². The van der Waals surface area contributed by atoms with E-state index in [2.05, 4.69) is 0 Å². The zero-order chi connectivity index (χ0) is 12.9. The van der Waals surface area contributed by atoms with Gasteiger partial charge in [-0.2, -0.15) is 18.4 Å². The molecule has 0 aromatic heterocycles. The van der Waals surface area contributed by atoms with E-state index in [-0.39, 0.29) is 0 Å². The molecule has 1 aliphatic carbocycles. The maximum Gasteiger partial charge on any atom is 0.405 e. The van der Waals surface area contributed by atoms with E-state index in [4.69, 9.17) is 5.26 Å². The third kappa shape index (κ3) is 3.91. The maximum atomic E-state index is 12.0. The highest BCUT2D eigenvalue weighted by Gasteiger charge is 2.40. The van der Waals surface area contributed by atoms with Crippen LogP contribution in [-0.4, -0.2) is 18.6 Å². The molecule has 0 aromatic rings. The van der Waals surface area contributed by atoms with Crippen LogP contribution in [0.25, 0.3) is 0 Å². The molecule has 1 rings (SSSR count). The number of nitriles is 1. The third-order valence-corrected chi connectivity index (χ3v) is 3.06. The fraction of sp³-hybridized carbons (Fsp3) is 0.818. The summed E-state index contributed by atoms with van der Waals surface area (Å²) in [6.45, 7) is -1.37. The van der Waals surface area contributed by atoms with Crippen LogP contribution in [-0.2, 0) is 4.79 Å². The molecular weight excluding hydrogens is 233 g/mol. The Morgan fingerprint density at radius 2 is 1.76 bits per heavy atom. The van der Waals surface area contributed by atoms with Crippen molar-refractivity contribution in [3.8, 4) is 6.07 Å². The molecule has 96 valence electrons. The van der Waals surface area contributed by atoms with Gasteiger partial charge in [0.15, 0.2) is 0 Å². The van der Waals surface area contributed by atoms with Crippen LogP contribution in [0.2, 0.25) is 0 Å². The fourth-order valence-electron chi connectivity index (χ4n) is 2.07. The summed E-state index contributed by atoms with van der Waals surface area (Å²) in [7, 11) is 0. The summed E-state index contributed by atoms with van der Waals surface area (Å²) in [5.74, 6) is -0.778. The second-order valence-electron chi connectivity index (χ2n) is 4.41. The molecule has 1 amide bonds. The molecule has 6 heteroatoms. The first-order valence-corrected chi connectivity index (χ1v) is 5.66. The van der Waals surface area contributed by atoms with Gasteiger partial charge < -0.3 is 5.32 Å². The number of alkyl halides is 3. The number of halogens is 3. The van der Waals surface area contributed by atoms with E-state index < -0.39 is 24.0 Å². The summed E-state index contributed by atoms with van der Waals surface area (Å²) in [6, 6.07) is 1.91. The Morgan fingerprint density at radius 1 is 1.24 bits per heavy atom. The van der Waals surface area contributed by atoms with Crippen LogP contribution in [0.3, 0.4) is 0 Å². The highest BCUT2D eigenvalue weighted by molar-refractivity contribution is 5.85. The first kappa shape index (κ1) is 13.8. The number of carbonyl (C=O) groups is 1. The molecule has 0 unspecified atom stereocenters. The number of carbonyl (C=O) groups excluding carboxylic acids is 1. The lowest BCUT2D eigenvalue weighted by atomic mass is 9.81. The molecule has 0 radical (unpaired) electrons. The highest BCUT2D eigenvalue weighted by atomic mass is 19.4. The van der Waals surface area contributed by atoms with Crippen molar-refractivity contribution < 1.29 is 18.0 Å². The van der Waals surface area contributed by atoms with E-state index >= 15 is 0 Å². The quantitative estimate of drug-likeness (QED) is 0.763. The number of amides is 1. The van der Waals surface area contributed by atoms with Crippen molar-refractivity contribution in [2.45, 2.75) is 44.7 Å². The van der Waals surface area contributed by atoms with Gasteiger partial charge in [0.1, 0.15) is 12.0 Å². The van der Waals surface area contributed by atoms with E-state index in [0.29, 0.717) is 25.7 Å². The summed E-state index contributed by atoms with van der Waals surface area (Å²) >= 11 is 0. The summed E-state index contributed by atoms with van der Waals surface area (Å²) in [6.07, 6.45) is -0.441. The lowest BCUT2D eigenvalue weighted by Gasteiger charge is -2.23. The third-order valence-electron chi connectivity index (χ3n) is 3.06. The van der Waals surface area contributed by atoms with Crippen LogP contribution in [0.4, 0.5) is 13.2 Å². The molecule has 0 spiro atoms. The Balaban J connectivity index is 2.66. The van der Waals surface area contributed by atoms with Gasteiger partial charge in [-0.3, -0.25) is 4.79 Å². The monoisotopic (exact) mass is 248 g/mol. The smallest absolute Gasteiger partial charge is 0.346 e. The molecule has 0 heterocycles. The van der Waals surface area contributed by atoms with Crippen molar-refractivity contribution in [1.82, 2.24) is 5.32 Å². The largest absolute Gasteiger partial charge is 0.405 e. The van der Waals surface area contributed by atoms with Gasteiger partial charge in [0.25, 0.3) is 0 Å². The summed E-state index contributed by atoms with van der Waals surface area (Å²) in [5, 5.41) is 10.9. The average molecular weight is 248 g/mol. The van der Waals surface area contributed by atoms with Gasteiger partial charge >= 0.3 is 6.18 Å². The lowest BCUT2D eigenvalue weighted by Crippen LogP contribution is -2.43. The Labute approximate surface area is 98.0 Å². The van der Waals surface area contributed by atoms with Crippen molar-refractivity contribution in [3.63, 3.8) is 0 Å². The molecule has 1 saturated carbocycles. The number of nitrogens with zero attached hydrogens (tertiary/aromatic N) is 1. The second kappa shape index (κ2) is 5.39. The molecular formula is C11H15F3N2O. The van der Waals surface area contributed by atoms with E-state index in [1.54, 1.807) is 0 Å². The molecule has 17 heavy (non-hydrogen) atoms. The standard InChI is InChI=1S/C11H15F3N2O/c12-11(13,14)8-16-9(17)10(7-15)5-3-1-2-4-6-10/h1-6,8H2,(H,16,17). The van der Waals surface area contributed by atoms with Gasteiger partial charge in [0.05, 0.1) is 6.07 Å². The fourth-order valence-corrected chi connectivity index (χ4v) is 2.07. The first-order chi connectivity index (χ1) is 7.90. The second-order valence-corrected chi connectivity index (χ2v) is 4.41. The normalized spacial score (nSPS) is 20.1.